The molecule has 0 saturated heterocycles. The van der Waals surface area contributed by atoms with E-state index in [9.17, 15) is 4.79 Å². The molecule has 1 aliphatic heterocycles. The molecule has 1 amide bonds. The van der Waals surface area contributed by atoms with E-state index in [4.69, 9.17) is 5.73 Å². The van der Waals surface area contributed by atoms with Crippen LogP contribution in [0.3, 0.4) is 0 Å². The number of aromatic nitrogens is 2. The molecule has 0 atom stereocenters. The summed E-state index contributed by atoms with van der Waals surface area (Å²) in [4.78, 5) is 22.7. The van der Waals surface area contributed by atoms with Crippen LogP contribution in [0.1, 0.15) is 29.0 Å². The molecular weight excluding hydrogens is 300 g/mol. The summed E-state index contributed by atoms with van der Waals surface area (Å²) in [6.45, 7) is 0.857. The molecule has 3 aromatic rings. The number of carbonyl (C=O) groups is 1. The SMILES string of the molecule is NC(=O)c1nc(N2CCCCc3ccccc32)c2ccccc2n1. The van der Waals surface area contributed by atoms with Gasteiger partial charge in [0.15, 0.2) is 0 Å². The molecule has 1 aliphatic rings. The highest BCUT2D eigenvalue weighted by Gasteiger charge is 2.21. The van der Waals surface area contributed by atoms with Gasteiger partial charge in [0.25, 0.3) is 5.91 Å². The van der Waals surface area contributed by atoms with Crippen molar-refractivity contribution < 1.29 is 4.79 Å². The quantitative estimate of drug-likeness (QED) is 0.787. The highest BCUT2D eigenvalue weighted by molar-refractivity contribution is 5.97. The number of nitrogens with two attached hydrogens (primary N) is 1. The minimum absolute atomic E-state index is 0.0606. The predicted molar refractivity (Wildman–Crippen MR) is 94.4 cm³/mol. The molecule has 0 radical (unpaired) electrons. The van der Waals surface area contributed by atoms with Crippen molar-refractivity contribution in [3.8, 4) is 0 Å². The molecule has 0 bridgehead atoms. The highest BCUT2D eigenvalue weighted by atomic mass is 16.1. The molecule has 2 heterocycles. The monoisotopic (exact) mass is 318 g/mol. The third-order valence-corrected chi connectivity index (χ3v) is 4.42. The van der Waals surface area contributed by atoms with E-state index < -0.39 is 5.91 Å². The van der Waals surface area contributed by atoms with Crippen molar-refractivity contribution in [3.63, 3.8) is 0 Å². The fraction of sp³-hybridized carbons (Fsp3) is 0.211. The molecule has 0 spiro atoms. The molecule has 2 aromatic carbocycles. The summed E-state index contributed by atoms with van der Waals surface area (Å²) in [6.07, 6.45) is 3.26. The van der Waals surface area contributed by atoms with Crippen LogP contribution in [0.15, 0.2) is 48.5 Å². The van der Waals surface area contributed by atoms with Crippen molar-refractivity contribution in [3.05, 3.63) is 59.9 Å². The minimum Gasteiger partial charge on any atom is -0.363 e. The summed E-state index contributed by atoms with van der Waals surface area (Å²) in [6, 6.07) is 16.1. The Hall–Kier alpha value is -2.95. The lowest BCUT2D eigenvalue weighted by molar-refractivity contribution is 0.0991. The van der Waals surface area contributed by atoms with Gasteiger partial charge in [0.1, 0.15) is 5.82 Å². The number of para-hydroxylation sites is 2. The van der Waals surface area contributed by atoms with Crippen molar-refractivity contribution in [2.24, 2.45) is 5.73 Å². The molecule has 120 valence electrons. The van der Waals surface area contributed by atoms with Crippen molar-refractivity contribution in [1.29, 1.82) is 0 Å². The Balaban J connectivity index is 1.97. The van der Waals surface area contributed by atoms with E-state index in [1.807, 2.05) is 30.3 Å². The second-order valence-electron chi connectivity index (χ2n) is 5.99. The van der Waals surface area contributed by atoms with Gasteiger partial charge in [-0.15, -0.1) is 0 Å². The maximum Gasteiger partial charge on any atom is 0.286 e. The summed E-state index contributed by atoms with van der Waals surface area (Å²) in [7, 11) is 0. The van der Waals surface area contributed by atoms with E-state index in [0.29, 0.717) is 0 Å². The fourth-order valence-electron chi connectivity index (χ4n) is 3.29. The first kappa shape index (κ1) is 14.6. The van der Waals surface area contributed by atoms with E-state index in [2.05, 4.69) is 33.1 Å². The first-order valence-corrected chi connectivity index (χ1v) is 8.16. The normalized spacial score (nSPS) is 14.2. The summed E-state index contributed by atoms with van der Waals surface area (Å²) in [5, 5.41) is 0.930. The van der Waals surface area contributed by atoms with Crippen LogP contribution in [-0.4, -0.2) is 22.4 Å². The first-order valence-electron chi connectivity index (χ1n) is 8.16. The smallest absolute Gasteiger partial charge is 0.286 e. The summed E-state index contributed by atoms with van der Waals surface area (Å²) >= 11 is 0. The second kappa shape index (κ2) is 5.92. The van der Waals surface area contributed by atoms with Crippen LogP contribution >= 0.6 is 0 Å². The molecule has 0 fully saturated rings. The number of rotatable bonds is 2. The van der Waals surface area contributed by atoms with Gasteiger partial charge >= 0.3 is 0 Å². The van der Waals surface area contributed by atoms with E-state index in [-0.39, 0.29) is 5.82 Å². The lowest BCUT2D eigenvalue weighted by atomic mass is 10.1. The van der Waals surface area contributed by atoms with Gasteiger partial charge in [0.05, 0.1) is 5.52 Å². The van der Waals surface area contributed by atoms with Gasteiger partial charge in [-0.25, -0.2) is 9.97 Å². The van der Waals surface area contributed by atoms with Gasteiger partial charge in [-0.3, -0.25) is 4.79 Å². The van der Waals surface area contributed by atoms with E-state index in [1.54, 1.807) is 0 Å². The largest absolute Gasteiger partial charge is 0.363 e. The zero-order chi connectivity index (χ0) is 16.5. The number of carbonyl (C=O) groups excluding carboxylic acids is 1. The Morgan fingerprint density at radius 3 is 2.67 bits per heavy atom. The zero-order valence-electron chi connectivity index (χ0n) is 13.3. The van der Waals surface area contributed by atoms with Crippen molar-refractivity contribution in [2.45, 2.75) is 19.3 Å². The number of hydrogen-bond acceptors (Lipinski definition) is 4. The van der Waals surface area contributed by atoms with E-state index >= 15 is 0 Å². The molecule has 0 unspecified atom stereocenters. The van der Waals surface area contributed by atoms with E-state index in [1.165, 1.54) is 5.56 Å². The Bertz CT molecular complexity index is 922. The highest BCUT2D eigenvalue weighted by Crippen LogP contribution is 2.34. The first-order chi connectivity index (χ1) is 11.7. The number of hydrogen-bond donors (Lipinski definition) is 1. The predicted octanol–water partition coefficient (Wildman–Crippen LogP) is 3.20. The maximum atomic E-state index is 11.7. The Labute approximate surface area is 140 Å². The van der Waals surface area contributed by atoms with Crippen molar-refractivity contribution in [1.82, 2.24) is 9.97 Å². The molecule has 4 rings (SSSR count). The van der Waals surface area contributed by atoms with Gasteiger partial charge in [0, 0.05) is 17.6 Å². The van der Waals surface area contributed by atoms with Crippen molar-refractivity contribution in [2.75, 3.05) is 11.4 Å². The Morgan fingerprint density at radius 2 is 1.79 bits per heavy atom. The van der Waals surface area contributed by atoms with Crippen LogP contribution in [0, 0.1) is 0 Å². The summed E-state index contributed by atoms with van der Waals surface area (Å²) in [5.74, 6) is 0.208. The topological polar surface area (TPSA) is 72.1 Å². The van der Waals surface area contributed by atoms with Crippen LogP contribution in [0.4, 0.5) is 11.5 Å². The zero-order valence-corrected chi connectivity index (χ0v) is 13.3. The third-order valence-electron chi connectivity index (χ3n) is 4.42. The number of benzene rings is 2. The number of amides is 1. The third kappa shape index (κ3) is 2.48. The van der Waals surface area contributed by atoms with Crippen LogP contribution < -0.4 is 10.6 Å². The van der Waals surface area contributed by atoms with Gasteiger partial charge in [-0.05, 0) is 43.0 Å². The molecule has 0 aliphatic carbocycles. The van der Waals surface area contributed by atoms with Gasteiger partial charge < -0.3 is 10.6 Å². The number of fused-ring (bicyclic) bond motifs is 2. The summed E-state index contributed by atoms with van der Waals surface area (Å²) in [5.41, 5.74) is 8.63. The standard InChI is InChI=1S/C19H18N4O/c20-17(24)18-21-15-10-3-2-9-14(15)19(22-18)23-12-6-5-8-13-7-1-4-11-16(13)23/h1-4,7,9-11H,5-6,8,12H2,(H2,20,24). The lowest BCUT2D eigenvalue weighted by Gasteiger charge is -2.25. The van der Waals surface area contributed by atoms with Crippen LogP contribution in [0.2, 0.25) is 0 Å². The fourth-order valence-corrected chi connectivity index (χ4v) is 3.29. The number of nitrogens with zero attached hydrogens (tertiary/aromatic N) is 3. The molecule has 5 nitrogen and oxygen atoms in total. The average Bonchev–Trinajstić information content (AvgIpc) is 2.83. The van der Waals surface area contributed by atoms with Gasteiger partial charge in [0.2, 0.25) is 5.82 Å². The lowest BCUT2D eigenvalue weighted by Crippen LogP contribution is -2.23. The molecule has 5 heteroatoms. The minimum atomic E-state index is -0.606. The second-order valence-corrected chi connectivity index (χ2v) is 5.99. The van der Waals surface area contributed by atoms with Crippen LogP contribution in [0.25, 0.3) is 10.9 Å². The van der Waals surface area contributed by atoms with Crippen molar-refractivity contribution >= 4 is 28.3 Å². The number of anilines is 2. The van der Waals surface area contributed by atoms with Gasteiger partial charge in [-0.1, -0.05) is 30.3 Å². The number of primary amides is 1. The number of aryl methyl sites for hydroxylation is 1. The molecule has 1 aromatic heterocycles. The summed E-state index contributed by atoms with van der Waals surface area (Å²) < 4.78 is 0. The Morgan fingerprint density at radius 1 is 1.00 bits per heavy atom. The molecule has 0 saturated carbocycles. The molecule has 2 N–H and O–H groups in total. The molecule has 24 heavy (non-hydrogen) atoms. The molecular formula is C19H18N4O. The van der Waals surface area contributed by atoms with E-state index in [0.717, 1.165) is 48.2 Å². The maximum absolute atomic E-state index is 11.7. The van der Waals surface area contributed by atoms with Crippen LogP contribution in [-0.2, 0) is 6.42 Å². The van der Waals surface area contributed by atoms with Gasteiger partial charge in [-0.2, -0.15) is 0 Å². The average molecular weight is 318 g/mol. The Kier molecular flexibility index (Phi) is 3.61. The van der Waals surface area contributed by atoms with Crippen LogP contribution in [0.5, 0.6) is 0 Å².